The maximum Gasteiger partial charge on any atom is 0.208 e. The summed E-state index contributed by atoms with van der Waals surface area (Å²) in [6.45, 7) is 0.127. The first kappa shape index (κ1) is 22.4. The number of aromatic nitrogens is 6. The molecule has 4 rings (SSSR count). The number of halogens is 4. The monoisotopic (exact) mass is 514 g/mol. The molecule has 0 radical (unpaired) electrons. The van der Waals surface area contributed by atoms with E-state index in [2.05, 4.69) is 25.3 Å². The van der Waals surface area contributed by atoms with Crippen molar-refractivity contribution >= 4 is 58.2 Å². The van der Waals surface area contributed by atoms with Gasteiger partial charge in [-0.15, -0.1) is 5.10 Å². The highest BCUT2D eigenvalue weighted by Gasteiger charge is 2.33. The number of aromatic amines is 1. The molecule has 0 aliphatic heterocycles. The van der Waals surface area contributed by atoms with Crippen molar-refractivity contribution in [2.24, 2.45) is 0 Å². The van der Waals surface area contributed by atoms with Crippen LogP contribution in [-0.2, 0) is 12.1 Å². The number of benzene rings is 2. The van der Waals surface area contributed by atoms with Gasteiger partial charge in [-0.25, -0.2) is 14.6 Å². The molecule has 7 nitrogen and oxygen atoms in total. The molecule has 31 heavy (non-hydrogen) atoms. The molecule has 2 aromatic carbocycles. The summed E-state index contributed by atoms with van der Waals surface area (Å²) >= 11 is 25.9. The van der Waals surface area contributed by atoms with E-state index in [0.717, 1.165) is 0 Å². The van der Waals surface area contributed by atoms with Gasteiger partial charge in [-0.2, -0.15) is 5.10 Å². The number of nitrogens with zero attached hydrogens (tertiary/aromatic N) is 5. The van der Waals surface area contributed by atoms with Crippen LogP contribution in [0.4, 0.5) is 0 Å². The largest absolute Gasteiger partial charge is 0.382 e. The summed E-state index contributed by atoms with van der Waals surface area (Å²) < 4.78 is 1.53. The zero-order valence-corrected chi connectivity index (χ0v) is 19.5. The second kappa shape index (κ2) is 9.36. The van der Waals surface area contributed by atoms with E-state index in [1.807, 2.05) is 0 Å². The van der Waals surface area contributed by atoms with Crippen LogP contribution in [0.2, 0.25) is 20.1 Å². The number of rotatable bonds is 7. The number of H-pyrrole nitrogens is 1. The lowest BCUT2D eigenvalue weighted by Gasteiger charge is -2.28. The van der Waals surface area contributed by atoms with Crippen molar-refractivity contribution in [2.75, 3.05) is 5.75 Å². The Balaban J connectivity index is 1.59. The topological polar surface area (TPSA) is 92.5 Å². The van der Waals surface area contributed by atoms with E-state index in [1.165, 1.54) is 29.1 Å². The van der Waals surface area contributed by atoms with Crippen molar-refractivity contribution in [1.82, 2.24) is 29.9 Å². The van der Waals surface area contributed by atoms with Crippen LogP contribution in [0, 0.1) is 0 Å². The molecule has 0 amide bonds. The van der Waals surface area contributed by atoms with E-state index in [4.69, 9.17) is 46.4 Å². The minimum atomic E-state index is -1.39. The molecule has 4 aromatic rings. The summed E-state index contributed by atoms with van der Waals surface area (Å²) in [5, 5.41) is 25.0. The Kier molecular flexibility index (Phi) is 6.76. The average Bonchev–Trinajstić information content (AvgIpc) is 3.38. The van der Waals surface area contributed by atoms with E-state index in [0.29, 0.717) is 42.2 Å². The fourth-order valence-corrected chi connectivity index (χ4v) is 4.92. The van der Waals surface area contributed by atoms with E-state index in [1.54, 1.807) is 36.4 Å². The van der Waals surface area contributed by atoms with Crippen molar-refractivity contribution in [3.8, 4) is 11.4 Å². The van der Waals surface area contributed by atoms with Crippen molar-refractivity contribution < 1.29 is 5.11 Å². The minimum absolute atomic E-state index is 0.127. The van der Waals surface area contributed by atoms with Gasteiger partial charge in [-0.3, -0.25) is 5.10 Å². The number of nitrogens with one attached hydrogen (secondary N) is 1. The molecule has 0 saturated carbocycles. The molecule has 0 fully saturated rings. The molecular formula is C19H14Cl4N6OS. The predicted molar refractivity (Wildman–Crippen MR) is 123 cm³/mol. The molecule has 0 spiro atoms. The van der Waals surface area contributed by atoms with Gasteiger partial charge in [0.25, 0.3) is 0 Å². The van der Waals surface area contributed by atoms with Gasteiger partial charge in [0.1, 0.15) is 18.3 Å². The SMILES string of the molecule is OC(CSc1n[nH]c(-c2ccc(Cl)cc2Cl)n1)(Cn1cncn1)c1ccc(Cl)cc1Cl. The van der Waals surface area contributed by atoms with E-state index < -0.39 is 5.60 Å². The van der Waals surface area contributed by atoms with Gasteiger partial charge in [0.2, 0.25) is 5.16 Å². The minimum Gasteiger partial charge on any atom is -0.382 e. The van der Waals surface area contributed by atoms with Crippen molar-refractivity contribution in [3.63, 3.8) is 0 Å². The highest BCUT2D eigenvalue weighted by molar-refractivity contribution is 7.99. The first-order chi connectivity index (χ1) is 14.8. The number of hydrogen-bond donors (Lipinski definition) is 2. The Morgan fingerprint density at radius 3 is 2.45 bits per heavy atom. The van der Waals surface area contributed by atoms with Gasteiger partial charge >= 0.3 is 0 Å². The molecule has 0 aliphatic carbocycles. The van der Waals surface area contributed by atoms with Crippen LogP contribution in [0.1, 0.15) is 5.56 Å². The highest BCUT2D eigenvalue weighted by Crippen LogP contribution is 2.36. The second-order valence-corrected chi connectivity index (χ2v) is 9.26. The van der Waals surface area contributed by atoms with Gasteiger partial charge in [-0.1, -0.05) is 64.2 Å². The predicted octanol–water partition coefficient (Wildman–Crippen LogP) is 5.36. The van der Waals surface area contributed by atoms with Crippen LogP contribution >= 0.6 is 58.2 Å². The Morgan fingerprint density at radius 2 is 1.77 bits per heavy atom. The molecule has 1 unspecified atom stereocenters. The lowest BCUT2D eigenvalue weighted by molar-refractivity contribution is 0.0397. The second-order valence-electron chi connectivity index (χ2n) is 6.63. The molecule has 2 N–H and O–H groups in total. The van der Waals surface area contributed by atoms with Crippen molar-refractivity contribution in [3.05, 3.63) is 74.7 Å². The zero-order valence-electron chi connectivity index (χ0n) is 15.6. The number of thioether (sulfide) groups is 1. The van der Waals surface area contributed by atoms with Gasteiger partial charge < -0.3 is 5.11 Å². The highest BCUT2D eigenvalue weighted by atomic mass is 35.5. The first-order valence-electron chi connectivity index (χ1n) is 8.85. The first-order valence-corrected chi connectivity index (χ1v) is 11.3. The Bertz CT molecular complexity index is 1200. The van der Waals surface area contributed by atoms with Gasteiger partial charge in [-0.05, 0) is 30.3 Å². The Hall–Kier alpha value is -1.81. The van der Waals surface area contributed by atoms with E-state index in [9.17, 15) is 5.11 Å². The van der Waals surface area contributed by atoms with Crippen molar-refractivity contribution in [1.29, 1.82) is 0 Å². The van der Waals surface area contributed by atoms with Crippen LogP contribution in [-0.4, -0.2) is 40.8 Å². The van der Waals surface area contributed by atoms with Crippen LogP contribution in [0.5, 0.6) is 0 Å². The fraction of sp³-hybridized carbons (Fsp3) is 0.158. The third kappa shape index (κ3) is 5.16. The summed E-state index contributed by atoms with van der Waals surface area (Å²) in [5.41, 5.74) is -0.208. The number of hydrogen-bond acceptors (Lipinski definition) is 6. The zero-order chi connectivity index (χ0) is 22.0. The van der Waals surface area contributed by atoms with Crippen LogP contribution in [0.3, 0.4) is 0 Å². The summed E-state index contributed by atoms with van der Waals surface area (Å²) in [6.07, 6.45) is 2.92. The van der Waals surface area contributed by atoms with Gasteiger partial charge in [0, 0.05) is 31.9 Å². The van der Waals surface area contributed by atoms with Gasteiger partial charge in [0.05, 0.1) is 11.6 Å². The lowest BCUT2D eigenvalue weighted by Crippen LogP contribution is -2.35. The summed E-state index contributed by atoms with van der Waals surface area (Å²) in [7, 11) is 0. The summed E-state index contributed by atoms with van der Waals surface area (Å²) in [6, 6.07) is 10.1. The molecule has 160 valence electrons. The smallest absolute Gasteiger partial charge is 0.208 e. The maximum absolute atomic E-state index is 11.5. The maximum atomic E-state index is 11.5. The number of aliphatic hydroxyl groups is 1. The molecule has 0 saturated heterocycles. The molecule has 0 bridgehead atoms. The molecule has 1 atom stereocenters. The lowest BCUT2D eigenvalue weighted by atomic mass is 9.95. The fourth-order valence-electron chi connectivity index (χ4n) is 2.95. The van der Waals surface area contributed by atoms with Crippen LogP contribution in [0.25, 0.3) is 11.4 Å². The molecule has 0 aliphatic rings. The van der Waals surface area contributed by atoms with E-state index >= 15 is 0 Å². The van der Waals surface area contributed by atoms with Crippen LogP contribution < -0.4 is 0 Å². The quantitative estimate of drug-likeness (QED) is 0.322. The standard InChI is InChI=1S/C19H14Cl4N6OS/c20-11-1-3-13(15(22)5-11)17-26-18(28-27-17)31-8-19(30,7-29-10-24-9-25-29)14-4-2-12(21)6-16(14)23/h1-6,9-10,30H,7-8H2,(H,26,27,28). The average molecular weight is 516 g/mol. The molecule has 12 heteroatoms. The molecular weight excluding hydrogens is 502 g/mol. The van der Waals surface area contributed by atoms with Crippen LogP contribution in [0.15, 0.2) is 54.2 Å². The third-order valence-corrected chi connectivity index (χ3v) is 6.57. The molecule has 2 heterocycles. The van der Waals surface area contributed by atoms with E-state index in [-0.39, 0.29) is 12.3 Å². The Labute approximate surface area is 201 Å². The third-order valence-electron chi connectivity index (χ3n) is 4.41. The molecule has 2 aromatic heterocycles. The summed E-state index contributed by atoms with van der Waals surface area (Å²) in [5.74, 6) is 0.688. The van der Waals surface area contributed by atoms with Crippen molar-refractivity contribution in [2.45, 2.75) is 17.3 Å². The normalized spacial score (nSPS) is 13.3. The summed E-state index contributed by atoms with van der Waals surface area (Å²) in [4.78, 5) is 8.40. The Morgan fingerprint density at radius 1 is 1.03 bits per heavy atom. The van der Waals surface area contributed by atoms with Gasteiger partial charge in [0.15, 0.2) is 5.82 Å².